The smallest absolute Gasteiger partial charge is 0.343 e. The van der Waals surface area contributed by atoms with Crippen LogP contribution in [0.3, 0.4) is 0 Å². The molecule has 0 spiro atoms. The largest absolute Gasteiger partial charge is 0.462 e. The van der Waals surface area contributed by atoms with Crippen LogP contribution in [0.1, 0.15) is 17.3 Å². The molecule has 0 radical (unpaired) electrons. The number of fused-ring (bicyclic) bond motifs is 1. The van der Waals surface area contributed by atoms with Gasteiger partial charge in [0.1, 0.15) is 11.1 Å². The lowest BCUT2D eigenvalue weighted by Crippen LogP contribution is -2.19. The van der Waals surface area contributed by atoms with Crippen molar-refractivity contribution in [3.63, 3.8) is 0 Å². The van der Waals surface area contributed by atoms with Crippen LogP contribution in [0.4, 0.5) is 0 Å². The molecule has 2 aromatic heterocycles. The van der Waals surface area contributed by atoms with E-state index >= 15 is 0 Å². The Hall–Kier alpha value is -1.76. The molecule has 1 N–H and O–H groups in total. The highest BCUT2D eigenvalue weighted by Gasteiger charge is 2.14. The Morgan fingerprint density at radius 2 is 2.35 bits per heavy atom. The summed E-state index contributed by atoms with van der Waals surface area (Å²) >= 11 is 3.07. The Balaban J connectivity index is 2.65. The van der Waals surface area contributed by atoms with Crippen molar-refractivity contribution < 1.29 is 9.53 Å². The first kappa shape index (κ1) is 11.7. The Morgan fingerprint density at radius 1 is 1.59 bits per heavy atom. The van der Waals surface area contributed by atoms with Crippen LogP contribution in [0.25, 0.3) is 11.0 Å². The summed E-state index contributed by atoms with van der Waals surface area (Å²) in [5, 5.41) is 0. The molecule has 17 heavy (non-hydrogen) atoms. The summed E-state index contributed by atoms with van der Waals surface area (Å²) in [6.45, 7) is 1.88. The number of nitrogens with one attached hydrogen (secondary N) is 1. The molecule has 0 atom stereocenters. The van der Waals surface area contributed by atoms with E-state index in [1.165, 1.54) is 12.4 Å². The highest BCUT2D eigenvalue weighted by molar-refractivity contribution is 9.10. The minimum Gasteiger partial charge on any atom is -0.462 e. The normalized spacial score (nSPS) is 10.5. The lowest BCUT2D eigenvalue weighted by atomic mass is 10.2. The van der Waals surface area contributed by atoms with Crippen molar-refractivity contribution in [3.05, 3.63) is 32.9 Å². The lowest BCUT2D eigenvalue weighted by Gasteiger charge is -2.02. The number of nitrogens with zero attached hydrogens (tertiary/aromatic N) is 2. The molecule has 0 unspecified atom stereocenters. The van der Waals surface area contributed by atoms with Gasteiger partial charge in [-0.25, -0.2) is 14.8 Å². The minimum atomic E-state index is -0.662. The van der Waals surface area contributed by atoms with Gasteiger partial charge in [-0.15, -0.1) is 0 Å². The van der Waals surface area contributed by atoms with Gasteiger partial charge < -0.3 is 9.72 Å². The molecule has 0 aliphatic carbocycles. The first-order chi connectivity index (χ1) is 8.13. The van der Waals surface area contributed by atoms with E-state index in [1.54, 1.807) is 6.92 Å². The Morgan fingerprint density at radius 3 is 3.06 bits per heavy atom. The van der Waals surface area contributed by atoms with Crippen molar-refractivity contribution in [2.75, 3.05) is 6.61 Å². The number of halogens is 1. The van der Waals surface area contributed by atoms with Gasteiger partial charge in [0.15, 0.2) is 4.73 Å². The van der Waals surface area contributed by atoms with Crippen molar-refractivity contribution >= 4 is 32.9 Å². The van der Waals surface area contributed by atoms with Gasteiger partial charge in [-0.1, -0.05) is 0 Å². The number of aromatic amines is 1. The number of pyridine rings is 1. The van der Waals surface area contributed by atoms with E-state index < -0.39 is 11.4 Å². The van der Waals surface area contributed by atoms with E-state index in [-0.39, 0.29) is 22.4 Å². The molecule has 0 bridgehead atoms. The van der Waals surface area contributed by atoms with Crippen LogP contribution in [0.15, 0.2) is 21.9 Å². The van der Waals surface area contributed by atoms with Crippen LogP contribution in [-0.2, 0) is 4.74 Å². The number of hydrogen-bond acceptors (Lipinski definition) is 5. The zero-order chi connectivity index (χ0) is 12.4. The molecule has 0 aliphatic rings. The summed E-state index contributed by atoms with van der Waals surface area (Å²) in [5.74, 6) is -0.662. The van der Waals surface area contributed by atoms with E-state index in [0.717, 1.165) is 0 Å². The van der Waals surface area contributed by atoms with Crippen LogP contribution in [0.2, 0.25) is 0 Å². The topological polar surface area (TPSA) is 84.9 Å². The Bertz CT molecular complexity index is 638. The number of carbonyl (C=O) groups is 1. The summed E-state index contributed by atoms with van der Waals surface area (Å²) in [6, 6.07) is 0. The van der Waals surface area contributed by atoms with Crippen molar-refractivity contribution in [2.24, 2.45) is 0 Å². The van der Waals surface area contributed by atoms with Gasteiger partial charge in [-0.05, 0) is 22.9 Å². The molecule has 0 fully saturated rings. The van der Waals surface area contributed by atoms with E-state index in [4.69, 9.17) is 4.74 Å². The maximum atomic E-state index is 12.0. The molecule has 0 saturated carbocycles. The summed E-state index contributed by atoms with van der Waals surface area (Å²) < 4.78 is 5.06. The van der Waals surface area contributed by atoms with Crippen LogP contribution < -0.4 is 5.43 Å². The lowest BCUT2D eigenvalue weighted by molar-refractivity contribution is 0.0524. The molecule has 0 saturated heterocycles. The maximum Gasteiger partial charge on any atom is 0.343 e. The van der Waals surface area contributed by atoms with Crippen molar-refractivity contribution in [1.82, 2.24) is 15.0 Å². The number of aromatic nitrogens is 3. The quantitative estimate of drug-likeness (QED) is 0.666. The maximum absolute atomic E-state index is 12.0. The molecule has 7 heteroatoms. The van der Waals surface area contributed by atoms with Gasteiger partial charge >= 0.3 is 5.97 Å². The van der Waals surface area contributed by atoms with Gasteiger partial charge in [-0.3, -0.25) is 4.79 Å². The number of hydrogen-bond donors (Lipinski definition) is 1. The fourth-order valence-corrected chi connectivity index (χ4v) is 1.62. The van der Waals surface area contributed by atoms with Crippen molar-refractivity contribution in [2.45, 2.75) is 6.92 Å². The second-order valence-electron chi connectivity index (χ2n) is 3.15. The second kappa shape index (κ2) is 4.62. The van der Waals surface area contributed by atoms with Crippen LogP contribution in [-0.4, -0.2) is 27.5 Å². The third kappa shape index (κ3) is 2.19. The number of carbonyl (C=O) groups excluding carboxylic acids is 1. The number of esters is 1. The van der Waals surface area contributed by atoms with Crippen LogP contribution >= 0.6 is 15.9 Å². The molecular formula is C10H8BrN3O3. The molecule has 2 aromatic rings. The highest BCUT2D eigenvalue weighted by atomic mass is 79.9. The molecule has 0 aliphatic heterocycles. The van der Waals surface area contributed by atoms with Gasteiger partial charge in [-0.2, -0.15) is 0 Å². The van der Waals surface area contributed by atoms with Crippen LogP contribution in [0.5, 0.6) is 0 Å². The molecule has 2 heterocycles. The van der Waals surface area contributed by atoms with E-state index in [9.17, 15) is 9.59 Å². The van der Waals surface area contributed by atoms with E-state index in [1.807, 2.05) is 0 Å². The van der Waals surface area contributed by atoms with Crippen molar-refractivity contribution in [1.29, 1.82) is 0 Å². The summed E-state index contributed by atoms with van der Waals surface area (Å²) in [5.41, 5.74) is 0.0777. The average molecular weight is 298 g/mol. The third-order valence-electron chi connectivity index (χ3n) is 2.09. The molecular weight excluding hydrogens is 290 g/mol. The molecule has 88 valence electrons. The van der Waals surface area contributed by atoms with E-state index in [2.05, 4.69) is 30.9 Å². The van der Waals surface area contributed by atoms with Gasteiger partial charge in [0.2, 0.25) is 5.43 Å². The molecule has 0 amide bonds. The first-order valence-corrected chi connectivity index (χ1v) is 5.64. The standard InChI is InChI=1S/C10H8BrN3O3/c1-2-17-9(16)5-3-12-6-4-13-10(11)14-7(6)8(5)15/h3-4H,2H2,1H3,(H,12,15). The zero-order valence-electron chi connectivity index (χ0n) is 8.86. The molecule has 0 aromatic carbocycles. The average Bonchev–Trinajstić information content (AvgIpc) is 2.30. The fourth-order valence-electron chi connectivity index (χ4n) is 1.34. The molecule has 6 nitrogen and oxygen atoms in total. The first-order valence-electron chi connectivity index (χ1n) is 4.84. The van der Waals surface area contributed by atoms with Gasteiger partial charge in [0.25, 0.3) is 0 Å². The summed E-state index contributed by atoms with van der Waals surface area (Å²) in [6.07, 6.45) is 2.77. The fraction of sp³-hybridized carbons (Fsp3) is 0.200. The SMILES string of the molecule is CCOC(=O)c1c[nH]c2cnc(Br)nc2c1=O. The van der Waals surface area contributed by atoms with Crippen LogP contribution in [0, 0.1) is 0 Å². The number of ether oxygens (including phenoxy) is 1. The number of rotatable bonds is 2. The number of H-pyrrole nitrogens is 1. The molecule has 2 rings (SSSR count). The summed E-state index contributed by atoms with van der Waals surface area (Å²) in [7, 11) is 0. The third-order valence-corrected chi connectivity index (χ3v) is 2.47. The highest BCUT2D eigenvalue weighted by Crippen LogP contribution is 2.08. The predicted molar refractivity (Wildman–Crippen MR) is 63.8 cm³/mol. The van der Waals surface area contributed by atoms with Gasteiger partial charge in [0.05, 0.1) is 18.3 Å². The second-order valence-corrected chi connectivity index (χ2v) is 3.86. The Labute approximate surface area is 104 Å². The minimum absolute atomic E-state index is 0.0649. The monoisotopic (exact) mass is 297 g/mol. The Kier molecular flexibility index (Phi) is 3.19. The van der Waals surface area contributed by atoms with E-state index in [0.29, 0.717) is 5.52 Å². The van der Waals surface area contributed by atoms with Gasteiger partial charge in [0, 0.05) is 6.20 Å². The summed E-state index contributed by atoms with van der Waals surface area (Å²) in [4.78, 5) is 34.1. The zero-order valence-corrected chi connectivity index (χ0v) is 10.4. The predicted octanol–water partition coefficient (Wildman–Crippen LogP) is 1.26. The van der Waals surface area contributed by atoms with Crippen molar-refractivity contribution in [3.8, 4) is 0 Å².